The molecule has 1 aliphatic carbocycles. The van der Waals surface area contributed by atoms with Gasteiger partial charge in [-0.15, -0.1) is 0 Å². The number of hydrogen-bond acceptors (Lipinski definition) is 3. The number of hydrogen-bond donors (Lipinski definition) is 1. The topological polar surface area (TPSA) is 49.8 Å². The van der Waals surface area contributed by atoms with Gasteiger partial charge in [0.1, 0.15) is 0 Å². The van der Waals surface area contributed by atoms with E-state index in [2.05, 4.69) is 15.9 Å². The molecule has 21 heavy (non-hydrogen) atoms. The lowest BCUT2D eigenvalue weighted by Crippen LogP contribution is -2.48. The minimum Gasteiger partial charge on any atom is -0.389 e. The van der Waals surface area contributed by atoms with Gasteiger partial charge in [0.25, 0.3) is 0 Å². The summed E-state index contributed by atoms with van der Waals surface area (Å²) in [6.45, 7) is 0.569. The number of carbonyl (C=O) groups excluding carboxylic acids is 1. The molecule has 1 saturated carbocycles. The Labute approximate surface area is 132 Å². The van der Waals surface area contributed by atoms with E-state index < -0.39 is 5.60 Å². The molecule has 4 rings (SSSR count). The number of halogens is 1. The van der Waals surface area contributed by atoms with Gasteiger partial charge in [0, 0.05) is 10.0 Å². The third kappa shape index (κ3) is 2.05. The lowest BCUT2D eigenvalue weighted by Gasteiger charge is -2.41. The highest BCUT2D eigenvalue weighted by Gasteiger charge is 2.56. The van der Waals surface area contributed by atoms with Crippen molar-refractivity contribution >= 4 is 21.8 Å². The highest BCUT2D eigenvalue weighted by atomic mass is 79.9. The Bertz CT molecular complexity index is 569. The van der Waals surface area contributed by atoms with E-state index in [0.29, 0.717) is 6.61 Å². The number of fused-ring (bicyclic) bond motifs is 1. The van der Waals surface area contributed by atoms with Crippen LogP contribution in [0.25, 0.3) is 0 Å². The Morgan fingerprint density at radius 3 is 2.62 bits per heavy atom. The van der Waals surface area contributed by atoms with Gasteiger partial charge in [-0.1, -0.05) is 28.1 Å². The van der Waals surface area contributed by atoms with Gasteiger partial charge in [-0.3, -0.25) is 4.79 Å². The molecule has 5 heteroatoms. The number of rotatable bonds is 2. The first-order valence-electron chi connectivity index (χ1n) is 7.50. The highest BCUT2D eigenvalue weighted by Crippen LogP contribution is 2.48. The lowest BCUT2D eigenvalue weighted by atomic mass is 9.70. The number of benzene rings is 1. The first-order valence-corrected chi connectivity index (χ1v) is 8.29. The second-order valence-corrected chi connectivity index (χ2v) is 7.30. The molecule has 3 fully saturated rings. The molecular weight excluding hydrogens is 334 g/mol. The van der Waals surface area contributed by atoms with E-state index in [9.17, 15) is 9.90 Å². The Balaban J connectivity index is 1.60. The maximum absolute atomic E-state index is 12.8. The summed E-state index contributed by atoms with van der Waals surface area (Å²) < 4.78 is 6.85. The smallest absolute Gasteiger partial charge is 0.231 e. The zero-order chi connectivity index (χ0) is 14.6. The Kier molecular flexibility index (Phi) is 3.14. The van der Waals surface area contributed by atoms with Crippen LogP contribution in [0.15, 0.2) is 28.7 Å². The molecule has 112 valence electrons. The zero-order valence-corrected chi connectivity index (χ0v) is 13.3. The minimum absolute atomic E-state index is 0.0626. The van der Waals surface area contributed by atoms with E-state index in [1.165, 1.54) is 0 Å². The molecule has 0 radical (unpaired) electrons. The Morgan fingerprint density at radius 1 is 1.29 bits per heavy atom. The monoisotopic (exact) mass is 351 g/mol. The highest BCUT2D eigenvalue weighted by molar-refractivity contribution is 9.10. The van der Waals surface area contributed by atoms with Crippen molar-refractivity contribution in [2.24, 2.45) is 5.92 Å². The fraction of sp³-hybridized carbons (Fsp3) is 0.562. The van der Waals surface area contributed by atoms with Crippen molar-refractivity contribution in [1.82, 2.24) is 4.90 Å². The molecule has 3 atom stereocenters. The van der Waals surface area contributed by atoms with Crippen molar-refractivity contribution < 1.29 is 14.6 Å². The third-order valence-corrected chi connectivity index (χ3v) is 5.70. The summed E-state index contributed by atoms with van der Waals surface area (Å²) in [7, 11) is 0. The summed E-state index contributed by atoms with van der Waals surface area (Å²) in [6.07, 6.45) is 2.96. The van der Waals surface area contributed by atoms with Crippen molar-refractivity contribution in [2.75, 3.05) is 6.61 Å². The van der Waals surface area contributed by atoms with Crippen molar-refractivity contribution in [2.45, 2.75) is 43.6 Å². The van der Waals surface area contributed by atoms with Crippen LogP contribution in [0.3, 0.4) is 0 Å². The number of carbonyl (C=O) groups is 1. The van der Waals surface area contributed by atoms with Crippen LogP contribution in [0.5, 0.6) is 0 Å². The van der Waals surface area contributed by atoms with Gasteiger partial charge in [0.15, 0.2) is 6.23 Å². The molecule has 2 aliphatic heterocycles. The molecular formula is C16H18BrNO3. The fourth-order valence-corrected chi connectivity index (χ4v) is 4.07. The van der Waals surface area contributed by atoms with Gasteiger partial charge in [0.2, 0.25) is 5.91 Å². The SMILES string of the molecule is O=C1C(C2(O)CCC2)C[C@H]2CO[C@H](c3ccc(Br)cc3)N12. The number of amides is 1. The van der Waals surface area contributed by atoms with Crippen LogP contribution in [-0.4, -0.2) is 34.2 Å². The summed E-state index contributed by atoms with van der Waals surface area (Å²) in [5.41, 5.74) is 0.237. The van der Waals surface area contributed by atoms with Crippen LogP contribution in [0.1, 0.15) is 37.5 Å². The molecule has 0 bridgehead atoms. The maximum Gasteiger partial charge on any atom is 0.231 e. The number of nitrogens with zero attached hydrogens (tertiary/aromatic N) is 1. The van der Waals surface area contributed by atoms with Crippen molar-refractivity contribution in [3.05, 3.63) is 34.3 Å². The van der Waals surface area contributed by atoms with Crippen LogP contribution < -0.4 is 0 Å². The average molecular weight is 352 g/mol. The summed E-state index contributed by atoms with van der Waals surface area (Å²) in [5, 5.41) is 10.5. The van der Waals surface area contributed by atoms with E-state index in [4.69, 9.17) is 4.74 Å². The normalized spacial score (nSPS) is 33.9. The summed E-state index contributed by atoms with van der Waals surface area (Å²) >= 11 is 3.42. The van der Waals surface area contributed by atoms with Gasteiger partial charge < -0.3 is 14.7 Å². The molecule has 2 saturated heterocycles. The standard InChI is InChI=1S/C16H18BrNO3/c17-11-4-2-10(3-5-11)15-18-12(9-21-15)8-13(14(18)19)16(20)6-1-7-16/h2-5,12-13,15,20H,1,6-9H2/t12-,13?,15+/m0/s1. The number of ether oxygens (including phenoxy) is 1. The zero-order valence-electron chi connectivity index (χ0n) is 11.7. The molecule has 1 aromatic rings. The fourth-order valence-electron chi connectivity index (χ4n) is 3.81. The van der Waals surface area contributed by atoms with Crippen molar-refractivity contribution in [1.29, 1.82) is 0 Å². The molecule has 0 spiro atoms. The Morgan fingerprint density at radius 2 is 2.00 bits per heavy atom. The van der Waals surface area contributed by atoms with Crippen molar-refractivity contribution in [3.63, 3.8) is 0 Å². The molecule has 2 heterocycles. The van der Waals surface area contributed by atoms with E-state index in [1.54, 1.807) is 0 Å². The first-order chi connectivity index (χ1) is 10.1. The summed E-state index contributed by atoms with van der Waals surface area (Å²) in [4.78, 5) is 14.6. The predicted octanol–water partition coefficient (Wildman–Crippen LogP) is 2.61. The molecule has 1 amide bonds. The largest absolute Gasteiger partial charge is 0.389 e. The van der Waals surface area contributed by atoms with Crippen LogP contribution >= 0.6 is 15.9 Å². The molecule has 0 aromatic heterocycles. The second-order valence-electron chi connectivity index (χ2n) is 6.38. The lowest BCUT2D eigenvalue weighted by molar-refractivity contribution is -0.151. The van der Waals surface area contributed by atoms with E-state index in [-0.39, 0.29) is 24.1 Å². The van der Waals surface area contributed by atoms with E-state index >= 15 is 0 Å². The Hall–Kier alpha value is -0.910. The molecule has 1 unspecified atom stereocenters. The van der Waals surface area contributed by atoms with E-state index in [1.807, 2.05) is 29.2 Å². The van der Waals surface area contributed by atoms with Gasteiger partial charge in [-0.25, -0.2) is 0 Å². The first kappa shape index (κ1) is 13.7. The average Bonchev–Trinajstić information content (AvgIpc) is 2.99. The third-order valence-electron chi connectivity index (χ3n) is 5.18. The van der Waals surface area contributed by atoms with E-state index in [0.717, 1.165) is 35.7 Å². The van der Waals surface area contributed by atoms with Crippen LogP contribution in [-0.2, 0) is 9.53 Å². The summed E-state index contributed by atoms with van der Waals surface area (Å²) in [5.74, 6) is -0.175. The molecule has 1 aromatic carbocycles. The molecule has 1 N–H and O–H groups in total. The quantitative estimate of drug-likeness (QED) is 0.890. The summed E-state index contributed by atoms with van der Waals surface area (Å²) in [6, 6.07) is 8.00. The van der Waals surface area contributed by atoms with Gasteiger partial charge in [-0.2, -0.15) is 0 Å². The molecule has 4 nitrogen and oxygen atoms in total. The number of aliphatic hydroxyl groups is 1. The molecule has 3 aliphatic rings. The van der Waals surface area contributed by atoms with Gasteiger partial charge >= 0.3 is 0 Å². The second kappa shape index (κ2) is 4.80. The van der Waals surface area contributed by atoms with Crippen LogP contribution in [0.4, 0.5) is 0 Å². The minimum atomic E-state index is -0.758. The van der Waals surface area contributed by atoms with Gasteiger partial charge in [-0.05, 0) is 37.8 Å². The van der Waals surface area contributed by atoms with Gasteiger partial charge in [0.05, 0.1) is 24.2 Å². The van der Waals surface area contributed by atoms with Crippen molar-refractivity contribution in [3.8, 4) is 0 Å². The maximum atomic E-state index is 12.8. The van der Waals surface area contributed by atoms with Crippen LogP contribution in [0.2, 0.25) is 0 Å². The predicted molar refractivity (Wildman–Crippen MR) is 80.4 cm³/mol. The van der Waals surface area contributed by atoms with Crippen LogP contribution in [0, 0.1) is 5.92 Å².